The molecular weight excluding hydrogens is 306 g/mol. The highest BCUT2D eigenvalue weighted by molar-refractivity contribution is 5.94. The molecule has 6 heteroatoms. The van der Waals surface area contributed by atoms with Crippen molar-refractivity contribution in [1.29, 1.82) is 0 Å². The van der Waals surface area contributed by atoms with E-state index in [0.717, 1.165) is 11.3 Å². The number of fused-ring (bicyclic) bond motifs is 2. The quantitative estimate of drug-likeness (QED) is 0.800. The van der Waals surface area contributed by atoms with Gasteiger partial charge < -0.3 is 19.2 Å². The molecular formula is C18H17N3O3. The van der Waals surface area contributed by atoms with E-state index in [1.165, 1.54) is 5.56 Å². The number of nitrogens with one attached hydrogen (secondary N) is 1. The molecule has 0 bridgehead atoms. The lowest BCUT2D eigenvalue weighted by Gasteiger charge is -2.05. The summed E-state index contributed by atoms with van der Waals surface area (Å²) in [4.78, 5) is 16.8. The number of imidazole rings is 1. The minimum atomic E-state index is -0.132. The van der Waals surface area contributed by atoms with Crippen LogP contribution in [0.15, 0.2) is 42.7 Å². The lowest BCUT2D eigenvalue weighted by atomic mass is 10.2. The van der Waals surface area contributed by atoms with Crippen molar-refractivity contribution >= 4 is 11.6 Å². The molecule has 1 N–H and O–H groups in total. The van der Waals surface area contributed by atoms with Crippen molar-refractivity contribution < 1.29 is 14.3 Å². The second-order valence-electron chi connectivity index (χ2n) is 5.78. The van der Waals surface area contributed by atoms with Crippen LogP contribution in [0.3, 0.4) is 0 Å². The summed E-state index contributed by atoms with van der Waals surface area (Å²) in [5.41, 5.74) is 3.61. The van der Waals surface area contributed by atoms with Gasteiger partial charge in [0.15, 0.2) is 11.5 Å². The first-order valence-electron chi connectivity index (χ1n) is 7.81. The Morgan fingerprint density at radius 3 is 3.04 bits per heavy atom. The van der Waals surface area contributed by atoms with Gasteiger partial charge in [0, 0.05) is 30.9 Å². The number of nitrogens with zero attached hydrogens (tertiary/aromatic N) is 2. The first-order valence-corrected chi connectivity index (χ1v) is 7.81. The fourth-order valence-corrected chi connectivity index (χ4v) is 2.70. The SMILES string of the molecule is Cc1ccn2cc(CCNC(=O)c3ccc4c(c3)OCO4)nc2c1. The third kappa shape index (κ3) is 2.78. The molecule has 1 aliphatic rings. The standard InChI is InChI=1S/C18H17N3O3/c1-12-5-7-21-10-14(20-17(21)8-12)4-6-19-18(22)13-2-3-15-16(9-13)24-11-23-15/h2-3,5,7-10H,4,6,11H2,1H3,(H,19,22). The van der Waals surface area contributed by atoms with Gasteiger partial charge in [-0.3, -0.25) is 4.79 Å². The van der Waals surface area contributed by atoms with Gasteiger partial charge in [-0.2, -0.15) is 0 Å². The van der Waals surface area contributed by atoms with Crippen LogP contribution < -0.4 is 14.8 Å². The molecule has 122 valence electrons. The Morgan fingerprint density at radius 2 is 2.12 bits per heavy atom. The Bertz CT molecular complexity index is 917. The summed E-state index contributed by atoms with van der Waals surface area (Å²) in [6, 6.07) is 9.26. The van der Waals surface area contributed by atoms with E-state index in [-0.39, 0.29) is 12.7 Å². The molecule has 1 aliphatic heterocycles. The molecule has 1 aromatic carbocycles. The van der Waals surface area contributed by atoms with Crippen molar-refractivity contribution in [2.75, 3.05) is 13.3 Å². The largest absolute Gasteiger partial charge is 0.454 e. The summed E-state index contributed by atoms with van der Waals surface area (Å²) in [5.74, 6) is 1.15. The van der Waals surface area contributed by atoms with Crippen LogP contribution in [0.1, 0.15) is 21.6 Å². The van der Waals surface area contributed by atoms with Gasteiger partial charge in [-0.05, 0) is 42.8 Å². The van der Waals surface area contributed by atoms with Crippen molar-refractivity contribution in [3.8, 4) is 11.5 Å². The molecule has 0 radical (unpaired) electrons. The zero-order chi connectivity index (χ0) is 16.5. The number of aryl methyl sites for hydroxylation is 1. The summed E-state index contributed by atoms with van der Waals surface area (Å²) in [7, 11) is 0. The number of carbonyl (C=O) groups is 1. The number of carbonyl (C=O) groups excluding carboxylic acids is 1. The molecule has 0 unspecified atom stereocenters. The van der Waals surface area contributed by atoms with E-state index in [9.17, 15) is 4.79 Å². The zero-order valence-electron chi connectivity index (χ0n) is 13.3. The van der Waals surface area contributed by atoms with Gasteiger partial charge in [-0.1, -0.05) is 0 Å². The number of aromatic nitrogens is 2. The van der Waals surface area contributed by atoms with E-state index < -0.39 is 0 Å². The van der Waals surface area contributed by atoms with Crippen LogP contribution in [0.5, 0.6) is 11.5 Å². The van der Waals surface area contributed by atoms with Crippen LogP contribution >= 0.6 is 0 Å². The molecule has 3 aromatic rings. The molecule has 0 aliphatic carbocycles. The van der Waals surface area contributed by atoms with Crippen LogP contribution in [-0.2, 0) is 6.42 Å². The van der Waals surface area contributed by atoms with Gasteiger partial charge in [0.1, 0.15) is 5.65 Å². The van der Waals surface area contributed by atoms with Crippen LogP contribution in [0.4, 0.5) is 0 Å². The molecule has 1 amide bonds. The second-order valence-corrected chi connectivity index (χ2v) is 5.78. The Morgan fingerprint density at radius 1 is 1.25 bits per heavy atom. The number of hydrogen-bond acceptors (Lipinski definition) is 4. The fourth-order valence-electron chi connectivity index (χ4n) is 2.70. The van der Waals surface area contributed by atoms with Crippen LogP contribution in [0.2, 0.25) is 0 Å². The normalized spacial score (nSPS) is 12.5. The average Bonchev–Trinajstić information content (AvgIpc) is 3.19. The van der Waals surface area contributed by atoms with Gasteiger partial charge in [-0.25, -0.2) is 4.98 Å². The van der Waals surface area contributed by atoms with E-state index in [2.05, 4.69) is 10.3 Å². The van der Waals surface area contributed by atoms with Crippen molar-refractivity contribution in [3.63, 3.8) is 0 Å². The smallest absolute Gasteiger partial charge is 0.251 e. The maximum absolute atomic E-state index is 12.2. The van der Waals surface area contributed by atoms with E-state index in [0.29, 0.717) is 30.0 Å². The van der Waals surface area contributed by atoms with E-state index >= 15 is 0 Å². The number of pyridine rings is 1. The molecule has 0 atom stereocenters. The molecule has 4 rings (SSSR count). The second kappa shape index (κ2) is 5.88. The van der Waals surface area contributed by atoms with Crippen LogP contribution in [0, 0.1) is 6.92 Å². The van der Waals surface area contributed by atoms with E-state index in [1.54, 1.807) is 18.2 Å². The summed E-state index contributed by atoms with van der Waals surface area (Å²) in [6.45, 7) is 2.77. The van der Waals surface area contributed by atoms with Crippen molar-refractivity contribution in [1.82, 2.24) is 14.7 Å². The molecule has 3 heterocycles. The predicted molar refractivity (Wildman–Crippen MR) is 88.5 cm³/mol. The summed E-state index contributed by atoms with van der Waals surface area (Å²) in [6.07, 6.45) is 4.66. The van der Waals surface area contributed by atoms with E-state index in [1.807, 2.05) is 35.9 Å². The summed E-state index contributed by atoms with van der Waals surface area (Å²) >= 11 is 0. The van der Waals surface area contributed by atoms with Crippen LogP contribution in [0.25, 0.3) is 5.65 Å². The first kappa shape index (κ1) is 14.6. The van der Waals surface area contributed by atoms with Crippen molar-refractivity contribution in [3.05, 3.63) is 59.5 Å². The van der Waals surface area contributed by atoms with Gasteiger partial charge >= 0.3 is 0 Å². The number of amides is 1. The topological polar surface area (TPSA) is 64.9 Å². The first-order chi connectivity index (χ1) is 11.7. The van der Waals surface area contributed by atoms with Gasteiger partial charge in [0.25, 0.3) is 5.91 Å². The lowest BCUT2D eigenvalue weighted by Crippen LogP contribution is -2.25. The van der Waals surface area contributed by atoms with Crippen molar-refractivity contribution in [2.45, 2.75) is 13.3 Å². The maximum atomic E-state index is 12.2. The Hall–Kier alpha value is -3.02. The predicted octanol–water partition coefficient (Wildman–Crippen LogP) is 2.34. The fraction of sp³-hybridized carbons (Fsp3) is 0.222. The molecule has 2 aromatic heterocycles. The van der Waals surface area contributed by atoms with Crippen LogP contribution in [-0.4, -0.2) is 28.6 Å². The lowest BCUT2D eigenvalue weighted by molar-refractivity contribution is 0.0953. The summed E-state index contributed by atoms with van der Waals surface area (Å²) in [5, 5.41) is 2.91. The van der Waals surface area contributed by atoms with Crippen molar-refractivity contribution in [2.24, 2.45) is 0 Å². The van der Waals surface area contributed by atoms with Gasteiger partial charge in [0.2, 0.25) is 6.79 Å². The van der Waals surface area contributed by atoms with Gasteiger partial charge in [0.05, 0.1) is 5.69 Å². The molecule has 0 spiro atoms. The minimum Gasteiger partial charge on any atom is -0.454 e. The highest BCUT2D eigenvalue weighted by atomic mass is 16.7. The monoisotopic (exact) mass is 323 g/mol. The minimum absolute atomic E-state index is 0.132. The third-order valence-corrected chi connectivity index (χ3v) is 3.97. The van der Waals surface area contributed by atoms with Gasteiger partial charge in [-0.15, -0.1) is 0 Å². The number of hydrogen-bond donors (Lipinski definition) is 1. The number of benzene rings is 1. The molecule has 0 fully saturated rings. The Labute approximate surface area is 139 Å². The highest BCUT2D eigenvalue weighted by Crippen LogP contribution is 2.32. The molecule has 6 nitrogen and oxygen atoms in total. The number of rotatable bonds is 4. The van der Waals surface area contributed by atoms with E-state index in [4.69, 9.17) is 9.47 Å². The maximum Gasteiger partial charge on any atom is 0.251 e. The average molecular weight is 323 g/mol. The highest BCUT2D eigenvalue weighted by Gasteiger charge is 2.16. The number of ether oxygens (including phenoxy) is 2. The molecule has 0 saturated carbocycles. The molecule has 24 heavy (non-hydrogen) atoms. The molecule has 0 saturated heterocycles. The zero-order valence-corrected chi connectivity index (χ0v) is 13.3. The Kier molecular flexibility index (Phi) is 3.57. The Balaban J connectivity index is 1.38. The summed E-state index contributed by atoms with van der Waals surface area (Å²) < 4.78 is 12.5. The third-order valence-electron chi connectivity index (χ3n) is 3.97.